The number of unbranched alkanes of at least 4 members (excludes halogenated alkanes) is 1. The predicted molar refractivity (Wildman–Crippen MR) is 128 cm³/mol. The van der Waals surface area contributed by atoms with Gasteiger partial charge in [0.05, 0.1) is 20.3 Å². The van der Waals surface area contributed by atoms with Crippen molar-refractivity contribution in [1.29, 1.82) is 0 Å². The predicted octanol–water partition coefficient (Wildman–Crippen LogP) is 5.49. The van der Waals surface area contributed by atoms with Gasteiger partial charge in [0.25, 0.3) is 0 Å². The number of nitrogens with zero attached hydrogens (tertiary/aromatic N) is 1. The Hall–Kier alpha value is -2.99. The molecule has 0 aromatic heterocycles. The first-order valence-electron chi connectivity index (χ1n) is 10.9. The summed E-state index contributed by atoms with van der Waals surface area (Å²) in [5.41, 5.74) is 3.72. The highest BCUT2D eigenvalue weighted by Gasteiger charge is 2.11. The van der Waals surface area contributed by atoms with Gasteiger partial charge in [-0.1, -0.05) is 29.4 Å². The van der Waals surface area contributed by atoms with E-state index in [-0.39, 0.29) is 0 Å². The molecule has 0 radical (unpaired) electrons. The van der Waals surface area contributed by atoms with Crippen molar-refractivity contribution in [2.75, 3.05) is 40.6 Å². The number of ether oxygens (including phenoxy) is 4. The highest BCUT2D eigenvalue weighted by Crippen LogP contribution is 2.28. The van der Waals surface area contributed by atoms with E-state index in [1.54, 1.807) is 7.11 Å². The molecule has 0 spiro atoms. The van der Waals surface area contributed by atoms with E-state index < -0.39 is 0 Å². The second-order valence-corrected chi connectivity index (χ2v) is 7.30. The summed E-state index contributed by atoms with van der Waals surface area (Å²) in [5.74, 6) is 2.53. The van der Waals surface area contributed by atoms with Gasteiger partial charge in [-0.15, -0.1) is 0 Å². The minimum absolute atomic E-state index is 0.349. The maximum Gasteiger partial charge on any atom is 0.128 e. The number of hydrogen-bond acceptors (Lipinski definition) is 6. The minimum atomic E-state index is 0.349. The Bertz CT molecular complexity index is 869. The zero-order valence-corrected chi connectivity index (χ0v) is 19.8. The molecule has 0 heterocycles. The van der Waals surface area contributed by atoms with Crippen molar-refractivity contribution in [3.63, 3.8) is 0 Å². The molecule has 0 bridgehead atoms. The largest absolute Gasteiger partial charge is 0.496 e. The van der Waals surface area contributed by atoms with Gasteiger partial charge in [-0.3, -0.25) is 0 Å². The molecule has 0 aliphatic carbocycles. The lowest BCUT2D eigenvalue weighted by Gasteiger charge is -2.14. The monoisotopic (exact) mass is 441 g/mol. The summed E-state index contributed by atoms with van der Waals surface area (Å²) in [6, 6.07) is 11.7. The third kappa shape index (κ3) is 7.93. The molecule has 2 aromatic carbocycles. The van der Waals surface area contributed by atoms with E-state index in [4.69, 9.17) is 23.8 Å². The summed E-state index contributed by atoms with van der Waals surface area (Å²) in [5, 5.41) is 4.10. The molecule has 6 heteroatoms. The summed E-state index contributed by atoms with van der Waals surface area (Å²) in [6.45, 7) is 8.23. The lowest BCUT2D eigenvalue weighted by Crippen LogP contribution is -2.13. The van der Waals surface area contributed by atoms with Gasteiger partial charge in [-0.2, -0.15) is 0 Å². The third-order valence-electron chi connectivity index (χ3n) is 4.80. The average molecular weight is 442 g/mol. The molecule has 0 saturated carbocycles. The number of oxime groups is 1. The number of rotatable bonds is 14. The molecule has 0 aliphatic rings. The molecule has 32 heavy (non-hydrogen) atoms. The van der Waals surface area contributed by atoms with Crippen molar-refractivity contribution in [1.82, 2.24) is 0 Å². The van der Waals surface area contributed by atoms with Crippen LogP contribution in [0.5, 0.6) is 17.2 Å². The molecule has 6 nitrogen and oxygen atoms in total. The number of para-hydroxylation sites is 1. The molecule has 0 atom stereocenters. The van der Waals surface area contributed by atoms with E-state index in [9.17, 15) is 0 Å². The second-order valence-electron chi connectivity index (χ2n) is 7.30. The van der Waals surface area contributed by atoms with Gasteiger partial charge >= 0.3 is 0 Å². The number of hydrogen-bond donors (Lipinski definition) is 0. The highest BCUT2D eigenvalue weighted by molar-refractivity contribution is 6.03. The van der Waals surface area contributed by atoms with Crippen LogP contribution in [-0.2, 0) is 9.57 Å². The summed E-state index contributed by atoms with van der Waals surface area (Å²) in [6.07, 6.45) is 5.74. The van der Waals surface area contributed by atoms with Crippen LogP contribution < -0.4 is 14.2 Å². The SMILES string of the molecule is C/C=C/COc1cc(C)c(OCCCCOC/C(=N/OC)c2ccccc2OC)c(C)c1. The summed E-state index contributed by atoms with van der Waals surface area (Å²) in [7, 11) is 3.16. The van der Waals surface area contributed by atoms with Crippen LogP contribution in [0.4, 0.5) is 0 Å². The number of benzene rings is 2. The smallest absolute Gasteiger partial charge is 0.128 e. The van der Waals surface area contributed by atoms with Crippen LogP contribution >= 0.6 is 0 Å². The van der Waals surface area contributed by atoms with Gasteiger partial charge in [0.1, 0.15) is 36.7 Å². The number of methoxy groups -OCH3 is 1. The molecular weight excluding hydrogens is 406 g/mol. The van der Waals surface area contributed by atoms with E-state index in [0.717, 1.165) is 46.8 Å². The Morgan fingerprint density at radius 2 is 1.69 bits per heavy atom. The minimum Gasteiger partial charge on any atom is -0.496 e. The fourth-order valence-corrected chi connectivity index (χ4v) is 3.26. The van der Waals surface area contributed by atoms with Gasteiger partial charge in [0, 0.05) is 12.2 Å². The first-order valence-corrected chi connectivity index (χ1v) is 10.9. The van der Waals surface area contributed by atoms with Gasteiger partial charge in [-0.05, 0) is 69.0 Å². The van der Waals surface area contributed by atoms with Crippen molar-refractivity contribution < 1.29 is 23.8 Å². The maximum absolute atomic E-state index is 6.03. The van der Waals surface area contributed by atoms with Gasteiger partial charge in [0.2, 0.25) is 0 Å². The number of allylic oxidation sites excluding steroid dienone is 1. The summed E-state index contributed by atoms with van der Waals surface area (Å²) < 4.78 is 23.0. The van der Waals surface area contributed by atoms with E-state index in [1.165, 1.54) is 7.11 Å². The molecule has 174 valence electrons. The molecule has 0 unspecified atom stereocenters. The second kappa shape index (κ2) is 14.1. The molecule has 0 N–H and O–H groups in total. The zero-order valence-electron chi connectivity index (χ0n) is 19.8. The topological polar surface area (TPSA) is 58.5 Å². The molecule has 2 rings (SSSR count). The summed E-state index contributed by atoms with van der Waals surface area (Å²) >= 11 is 0. The highest BCUT2D eigenvalue weighted by atomic mass is 16.6. The maximum atomic E-state index is 6.03. The molecule has 0 amide bonds. The molecule has 0 aliphatic heterocycles. The van der Waals surface area contributed by atoms with Gasteiger partial charge < -0.3 is 23.8 Å². The fraction of sp³-hybridized carbons (Fsp3) is 0.423. The molecule has 2 aromatic rings. The van der Waals surface area contributed by atoms with Crippen LogP contribution in [0.1, 0.15) is 36.5 Å². The van der Waals surface area contributed by atoms with Crippen LogP contribution in [0.3, 0.4) is 0 Å². The van der Waals surface area contributed by atoms with Gasteiger partial charge in [0.15, 0.2) is 0 Å². The van der Waals surface area contributed by atoms with Gasteiger partial charge in [-0.25, -0.2) is 0 Å². The standard InChI is InChI=1S/C26H35NO5/c1-6-7-15-31-22-17-20(2)26(21(3)18-22)32-16-11-10-14-30-19-24(27-29-5)23-12-8-9-13-25(23)28-4/h6-9,12-13,17-18H,10-11,14-16,19H2,1-5H3/b7-6+,27-24-. The van der Waals surface area contributed by atoms with Crippen LogP contribution in [0.25, 0.3) is 0 Å². The van der Waals surface area contributed by atoms with E-state index >= 15 is 0 Å². The lowest BCUT2D eigenvalue weighted by molar-refractivity contribution is 0.154. The van der Waals surface area contributed by atoms with E-state index in [2.05, 4.69) is 5.16 Å². The third-order valence-corrected chi connectivity index (χ3v) is 4.80. The van der Waals surface area contributed by atoms with Crippen molar-refractivity contribution in [2.45, 2.75) is 33.6 Å². The van der Waals surface area contributed by atoms with Crippen molar-refractivity contribution >= 4 is 5.71 Å². The Kier molecular flexibility index (Phi) is 11.2. The molecule has 0 saturated heterocycles. The van der Waals surface area contributed by atoms with E-state index in [1.807, 2.05) is 69.3 Å². The zero-order chi connectivity index (χ0) is 23.2. The first-order chi connectivity index (χ1) is 15.6. The van der Waals surface area contributed by atoms with Crippen LogP contribution in [0, 0.1) is 13.8 Å². The summed E-state index contributed by atoms with van der Waals surface area (Å²) in [4.78, 5) is 4.98. The van der Waals surface area contributed by atoms with Crippen molar-refractivity contribution in [2.24, 2.45) is 5.16 Å². The van der Waals surface area contributed by atoms with E-state index in [0.29, 0.717) is 32.1 Å². The first kappa shape index (κ1) is 25.3. The Morgan fingerprint density at radius 3 is 2.38 bits per heavy atom. The Balaban J connectivity index is 1.75. The Morgan fingerprint density at radius 1 is 0.969 bits per heavy atom. The normalized spacial score (nSPS) is 11.6. The van der Waals surface area contributed by atoms with Crippen LogP contribution in [0.15, 0.2) is 53.7 Å². The quantitative estimate of drug-likeness (QED) is 0.168. The van der Waals surface area contributed by atoms with Crippen LogP contribution in [0.2, 0.25) is 0 Å². The fourth-order valence-electron chi connectivity index (χ4n) is 3.26. The average Bonchev–Trinajstić information content (AvgIpc) is 2.79. The lowest BCUT2D eigenvalue weighted by atomic mass is 10.1. The molecular formula is C26H35NO5. The van der Waals surface area contributed by atoms with Crippen molar-refractivity contribution in [3.8, 4) is 17.2 Å². The van der Waals surface area contributed by atoms with Crippen LogP contribution in [-0.4, -0.2) is 46.4 Å². The van der Waals surface area contributed by atoms with Crippen molar-refractivity contribution in [3.05, 3.63) is 65.2 Å². The molecule has 0 fully saturated rings. The Labute approximate surface area is 191 Å². The number of aryl methyl sites for hydroxylation is 2.